The molecular formula is C16H16N4O4S2. The number of aromatic nitrogens is 3. The summed E-state index contributed by atoms with van der Waals surface area (Å²) in [6.07, 6.45) is 1.67. The molecule has 0 amide bonds. The van der Waals surface area contributed by atoms with Crippen LogP contribution in [0.15, 0.2) is 45.3 Å². The van der Waals surface area contributed by atoms with Crippen LogP contribution in [0.3, 0.4) is 0 Å². The topological polar surface area (TPSA) is 98.4 Å². The maximum absolute atomic E-state index is 12.9. The Labute approximate surface area is 154 Å². The summed E-state index contributed by atoms with van der Waals surface area (Å²) in [6.45, 7) is 2.81. The van der Waals surface area contributed by atoms with Crippen molar-refractivity contribution in [1.82, 2.24) is 18.8 Å². The van der Waals surface area contributed by atoms with Gasteiger partial charge in [-0.05, 0) is 30.6 Å². The molecule has 1 aromatic carbocycles. The summed E-state index contributed by atoms with van der Waals surface area (Å²) >= 11 is 1.31. The van der Waals surface area contributed by atoms with Gasteiger partial charge < -0.3 is 9.26 Å². The number of nitrogens with zero attached hydrogens (tertiary/aromatic N) is 4. The van der Waals surface area contributed by atoms with Gasteiger partial charge in [-0.3, -0.25) is 0 Å². The number of sulfonamides is 1. The molecule has 1 aliphatic heterocycles. The molecule has 0 N–H and O–H groups in total. The zero-order valence-electron chi connectivity index (χ0n) is 13.9. The van der Waals surface area contributed by atoms with Gasteiger partial charge in [0.05, 0.1) is 24.3 Å². The molecular weight excluding hydrogens is 376 g/mol. The molecule has 0 spiro atoms. The predicted octanol–water partition coefficient (Wildman–Crippen LogP) is 2.38. The summed E-state index contributed by atoms with van der Waals surface area (Å²) in [4.78, 5) is 4.53. The van der Waals surface area contributed by atoms with Crippen LogP contribution in [0.4, 0.5) is 0 Å². The lowest BCUT2D eigenvalue weighted by molar-refractivity contribution is 0.216. The van der Waals surface area contributed by atoms with Crippen LogP contribution < -0.4 is 4.74 Å². The molecule has 0 radical (unpaired) electrons. The van der Waals surface area contributed by atoms with Gasteiger partial charge in [-0.1, -0.05) is 17.3 Å². The average molecular weight is 392 g/mol. The van der Waals surface area contributed by atoms with Crippen molar-refractivity contribution in [2.45, 2.75) is 17.7 Å². The summed E-state index contributed by atoms with van der Waals surface area (Å²) in [5.74, 6) is 1.16. The SMILES string of the molecule is CCOc1ccccc1S(=O)(=O)N1CC(c2nc(-c3cnsc3)no2)C1. The summed E-state index contributed by atoms with van der Waals surface area (Å²) in [7, 11) is -3.62. The van der Waals surface area contributed by atoms with Gasteiger partial charge in [-0.2, -0.15) is 9.29 Å². The number of para-hydroxylation sites is 1. The molecule has 4 rings (SSSR count). The Hall–Kier alpha value is -2.30. The maximum Gasteiger partial charge on any atom is 0.246 e. The lowest BCUT2D eigenvalue weighted by atomic mass is 10.0. The molecule has 0 unspecified atom stereocenters. The summed E-state index contributed by atoms with van der Waals surface area (Å²) in [6, 6.07) is 6.66. The van der Waals surface area contributed by atoms with Crippen molar-refractivity contribution in [1.29, 1.82) is 0 Å². The second-order valence-corrected chi connectivity index (χ2v) is 8.33. The fraction of sp³-hybridized carbons (Fsp3) is 0.312. The number of hydrogen-bond donors (Lipinski definition) is 0. The van der Waals surface area contributed by atoms with E-state index in [0.29, 0.717) is 37.2 Å². The van der Waals surface area contributed by atoms with Crippen molar-refractivity contribution in [3.8, 4) is 17.1 Å². The molecule has 8 nitrogen and oxygen atoms in total. The van der Waals surface area contributed by atoms with Crippen LogP contribution in [-0.2, 0) is 10.0 Å². The molecule has 0 saturated carbocycles. The second kappa shape index (κ2) is 6.78. The first kappa shape index (κ1) is 17.1. The van der Waals surface area contributed by atoms with E-state index in [0.717, 1.165) is 5.56 Å². The van der Waals surface area contributed by atoms with Gasteiger partial charge in [0.15, 0.2) is 0 Å². The molecule has 2 aromatic heterocycles. The minimum atomic E-state index is -3.62. The van der Waals surface area contributed by atoms with E-state index in [4.69, 9.17) is 9.26 Å². The molecule has 136 valence electrons. The largest absolute Gasteiger partial charge is 0.492 e. The van der Waals surface area contributed by atoms with Gasteiger partial charge in [0.1, 0.15) is 10.6 Å². The van der Waals surface area contributed by atoms with Gasteiger partial charge in [-0.15, -0.1) is 0 Å². The molecule has 1 aliphatic rings. The number of rotatable bonds is 6. The van der Waals surface area contributed by atoms with E-state index in [-0.39, 0.29) is 10.8 Å². The Balaban J connectivity index is 1.49. The van der Waals surface area contributed by atoms with E-state index in [1.807, 2.05) is 12.3 Å². The molecule has 26 heavy (non-hydrogen) atoms. The van der Waals surface area contributed by atoms with Crippen LogP contribution >= 0.6 is 11.5 Å². The zero-order chi connectivity index (χ0) is 18.1. The van der Waals surface area contributed by atoms with Gasteiger partial charge in [0.25, 0.3) is 0 Å². The van der Waals surface area contributed by atoms with E-state index in [9.17, 15) is 8.42 Å². The Morgan fingerprint density at radius 1 is 1.35 bits per heavy atom. The lowest BCUT2D eigenvalue weighted by Gasteiger charge is -2.36. The Morgan fingerprint density at radius 2 is 2.15 bits per heavy atom. The van der Waals surface area contributed by atoms with Gasteiger partial charge in [-0.25, -0.2) is 12.8 Å². The number of hydrogen-bond acceptors (Lipinski definition) is 8. The molecule has 10 heteroatoms. The monoisotopic (exact) mass is 392 g/mol. The van der Waals surface area contributed by atoms with Crippen molar-refractivity contribution in [3.63, 3.8) is 0 Å². The van der Waals surface area contributed by atoms with Gasteiger partial charge in [0, 0.05) is 18.5 Å². The van der Waals surface area contributed by atoms with Crippen LogP contribution in [0.5, 0.6) is 5.75 Å². The molecule has 1 fully saturated rings. The highest BCUT2D eigenvalue weighted by molar-refractivity contribution is 7.89. The van der Waals surface area contributed by atoms with Crippen LogP contribution in [0.1, 0.15) is 18.7 Å². The highest BCUT2D eigenvalue weighted by Gasteiger charge is 2.41. The number of ether oxygens (including phenoxy) is 1. The van der Waals surface area contributed by atoms with Crippen LogP contribution in [-0.4, -0.2) is 46.9 Å². The van der Waals surface area contributed by atoms with Crippen molar-refractivity contribution in [2.75, 3.05) is 19.7 Å². The fourth-order valence-corrected chi connectivity index (χ4v) is 4.88. The first-order valence-corrected chi connectivity index (χ1v) is 10.3. The lowest BCUT2D eigenvalue weighted by Crippen LogP contribution is -2.48. The van der Waals surface area contributed by atoms with E-state index in [1.54, 1.807) is 30.5 Å². The van der Waals surface area contributed by atoms with Crippen molar-refractivity contribution < 1.29 is 17.7 Å². The highest BCUT2D eigenvalue weighted by atomic mass is 32.2. The minimum absolute atomic E-state index is 0.114. The first-order valence-electron chi connectivity index (χ1n) is 8.05. The molecule has 0 aliphatic carbocycles. The third-order valence-corrected chi connectivity index (χ3v) is 6.55. The number of benzene rings is 1. The second-order valence-electron chi connectivity index (χ2n) is 5.77. The van der Waals surface area contributed by atoms with E-state index < -0.39 is 10.0 Å². The van der Waals surface area contributed by atoms with Crippen LogP contribution in [0, 0.1) is 0 Å². The molecule has 3 aromatic rings. The van der Waals surface area contributed by atoms with E-state index in [1.165, 1.54) is 15.8 Å². The normalized spacial score (nSPS) is 15.7. The smallest absolute Gasteiger partial charge is 0.246 e. The third-order valence-electron chi connectivity index (χ3n) is 4.10. The third kappa shape index (κ3) is 3.00. The molecule has 0 bridgehead atoms. The van der Waals surface area contributed by atoms with Gasteiger partial charge in [0.2, 0.25) is 21.7 Å². The molecule has 0 atom stereocenters. The van der Waals surface area contributed by atoms with Crippen molar-refractivity contribution in [3.05, 3.63) is 41.7 Å². The van der Waals surface area contributed by atoms with E-state index in [2.05, 4.69) is 14.5 Å². The molecule has 1 saturated heterocycles. The quantitative estimate of drug-likeness (QED) is 0.635. The fourth-order valence-electron chi connectivity index (χ4n) is 2.70. The summed E-state index contributed by atoms with van der Waals surface area (Å²) < 4.78 is 41.8. The Kier molecular flexibility index (Phi) is 4.47. The molecule has 3 heterocycles. The standard InChI is InChI=1S/C16H16N4O4S2/c1-2-23-13-5-3-4-6-14(13)26(21,22)20-8-12(9-20)16-18-15(19-24-16)11-7-17-25-10-11/h3-7,10,12H,2,8-9H2,1H3. The van der Waals surface area contributed by atoms with Crippen LogP contribution in [0.25, 0.3) is 11.4 Å². The predicted molar refractivity (Wildman–Crippen MR) is 94.5 cm³/mol. The summed E-state index contributed by atoms with van der Waals surface area (Å²) in [5.41, 5.74) is 0.791. The minimum Gasteiger partial charge on any atom is -0.492 e. The highest BCUT2D eigenvalue weighted by Crippen LogP contribution is 2.35. The first-order chi connectivity index (χ1) is 12.6. The van der Waals surface area contributed by atoms with Crippen molar-refractivity contribution in [2.24, 2.45) is 0 Å². The maximum atomic E-state index is 12.9. The van der Waals surface area contributed by atoms with Gasteiger partial charge >= 0.3 is 0 Å². The summed E-state index contributed by atoms with van der Waals surface area (Å²) in [5, 5.41) is 5.77. The Bertz CT molecular complexity index is 995. The van der Waals surface area contributed by atoms with E-state index >= 15 is 0 Å². The van der Waals surface area contributed by atoms with Crippen molar-refractivity contribution >= 4 is 21.6 Å². The Morgan fingerprint density at radius 3 is 2.88 bits per heavy atom. The average Bonchev–Trinajstić information content (AvgIpc) is 3.25. The van der Waals surface area contributed by atoms with Crippen LogP contribution in [0.2, 0.25) is 0 Å². The zero-order valence-corrected chi connectivity index (χ0v) is 15.5.